The highest BCUT2D eigenvalue weighted by atomic mass is 16.2. The van der Waals surface area contributed by atoms with Gasteiger partial charge in [0.2, 0.25) is 5.91 Å². The van der Waals surface area contributed by atoms with Crippen LogP contribution in [0.5, 0.6) is 0 Å². The van der Waals surface area contributed by atoms with E-state index in [1.807, 2.05) is 45.4 Å². The number of aryl methyl sites for hydroxylation is 2. The fourth-order valence-electron chi connectivity index (χ4n) is 3.88. The van der Waals surface area contributed by atoms with E-state index in [1.54, 1.807) is 6.20 Å². The van der Waals surface area contributed by atoms with Crippen molar-refractivity contribution in [3.05, 3.63) is 47.7 Å². The highest BCUT2D eigenvalue weighted by Crippen LogP contribution is 2.33. The number of nitrogens with zero attached hydrogens (tertiary/aromatic N) is 6. The Bertz CT molecular complexity index is 996. The van der Waals surface area contributed by atoms with Crippen LogP contribution in [0.15, 0.2) is 30.6 Å². The topological polar surface area (TPSA) is 68.3 Å². The van der Waals surface area contributed by atoms with Crippen molar-refractivity contribution in [2.75, 3.05) is 6.54 Å². The van der Waals surface area contributed by atoms with Gasteiger partial charge in [-0.25, -0.2) is 9.50 Å². The van der Waals surface area contributed by atoms with Crippen molar-refractivity contribution < 1.29 is 4.79 Å². The first kappa shape index (κ1) is 18.7. The van der Waals surface area contributed by atoms with Crippen molar-refractivity contribution in [2.24, 2.45) is 0 Å². The average molecular weight is 380 g/mol. The van der Waals surface area contributed by atoms with Crippen molar-refractivity contribution >= 4 is 11.6 Å². The van der Waals surface area contributed by atoms with Crippen LogP contribution in [0.1, 0.15) is 63.2 Å². The molecule has 1 fully saturated rings. The zero-order valence-corrected chi connectivity index (χ0v) is 17.1. The van der Waals surface area contributed by atoms with Crippen LogP contribution in [-0.2, 0) is 16.8 Å². The maximum absolute atomic E-state index is 13.0. The number of hydrogen-bond donors (Lipinski definition) is 0. The van der Waals surface area contributed by atoms with Gasteiger partial charge in [0.1, 0.15) is 0 Å². The lowest BCUT2D eigenvalue weighted by Gasteiger charge is -2.25. The van der Waals surface area contributed by atoms with Gasteiger partial charge in [-0.15, -0.1) is 0 Å². The van der Waals surface area contributed by atoms with Crippen molar-refractivity contribution in [3.63, 3.8) is 0 Å². The molecule has 0 spiro atoms. The van der Waals surface area contributed by atoms with Crippen LogP contribution >= 0.6 is 0 Å². The number of carbonyl (C=O) groups is 1. The fraction of sp³-hybridized carbons (Fsp3) is 0.524. The van der Waals surface area contributed by atoms with Gasteiger partial charge in [0, 0.05) is 49.1 Å². The number of aromatic nitrogens is 5. The molecule has 148 valence electrons. The third-order valence-electron chi connectivity index (χ3n) is 5.54. The molecule has 0 aromatic carbocycles. The van der Waals surface area contributed by atoms with E-state index < -0.39 is 0 Å². The second-order valence-electron chi connectivity index (χ2n) is 8.61. The van der Waals surface area contributed by atoms with E-state index in [9.17, 15) is 4.79 Å². The van der Waals surface area contributed by atoms with Crippen molar-refractivity contribution in [1.29, 1.82) is 0 Å². The first-order valence-corrected chi connectivity index (χ1v) is 9.97. The molecule has 0 radical (unpaired) electrons. The summed E-state index contributed by atoms with van der Waals surface area (Å²) in [6, 6.07) is 6.05. The summed E-state index contributed by atoms with van der Waals surface area (Å²) in [4.78, 5) is 19.5. The highest BCUT2D eigenvalue weighted by molar-refractivity contribution is 5.77. The van der Waals surface area contributed by atoms with Crippen LogP contribution in [0, 0.1) is 6.92 Å². The lowest BCUT2D eigenvalue weighted by molar-refractivity contribution is -0.132. The number of amides is 1. The van der Waals surface area contributed by atoms with Crippen LogP contribution < -0.4 is 0 Å². The SMILES string of the molecule is Cc1ccnn1CCC(=O)N1CCC[C@@H]1c1ccnc2cc(C(C)(C)C)nn12. The maximum atomic E-state index is 13.0. The van der Waals surface area contributed by atoms with E-state index >= 15 is 0 Å². The summed E-state index contributed by atoms with van der Waals surface area (Å²) in [5, 5.41) is 9.10. The van der Waals surface area contributed by atoms with Gasteiger partial charge in [0.15, 0.2) is 5.65 Å². The number of hydrogen-bond acceptors (Lipinski definition) is 4. The molecule has 1 atom stereocenters. The lowest BCUT2D eigenvalue weighted by atomic mass is 9.93. The predicted octanol–water partition coefficient (Wildman–Crippen LogP) is 3.29. The lowest BCUT2D eigenvalue weighted by Crippen LogP contribution is -2.32. The molecule has 1 saturated heterocycles. The van der Waals surface area contributed by atoms with Gasteiger partial charge in [-0.05, 0) is 31.9 Å². The summed E-state index contributed by atoms with van der Waals surface area (Å²) < 4.78 is 3.81. The standard InChI is InChI=1S/C21H28N6O/c1-15-7-11-23-26(15)13-9-20(28)25-12-5-6-16(25)17-8-10-22-19-14-18(21(2,3)4)24-27(17)19/h7-8,10-11,14,16H,5-6,9,12-13H2,1-4H3/t16-/m1/s1. The van der Waals surface area contributed by atoms with Crippen LogP contribution in [-0.4, -0.2) is 41.7 Å². The molecule has 0 N–H and O–H groups in total. The quantitative estimate of drug-likeness (QED) is 0.696. The number of carbonyl (C=O) groups excluding carboxylic acids is 1. The first-order valence-electron chi connectivity index (χ1n) is 9.97. The Hall–Kier alpha value is -2.70. The van der Waals surface area contributed by atoms with Gasteiger partial charge in [-0.3, -0.25) is 9.48 Å². The Balaban J connectivity index is 1.58. The van der Waals surface area contributed by atoms with Gasteiger partial charge in [-0.1, -0.05) is 20.8 Å². The van der Waals surface area contributed by atoms with E-state index in [0.717, 1.165) is 42.1 Å². The van der Waals surface area contributed by atoms with Gasteiger partial charge >= 0.3 is 0 Å². The Morgan fingerprint density at radius 1 is 1.25 bits per heavy atom. The summed E-state index contributed by atoms with van der Waals surface area (Å²) in [7, 11) is 0. The first-order chi connectivity index (χ1) is 13.3. The number of likely N-dealkylation sites (tertiary alicyclic amines) is 1. The zero-order valence-electron chi connectivity index (χ0n) is 17.1. The van der Waals surface area contributed by atoms with Gasteiger partial charge < -0.3 is 4.90 Å². The Morgan fingerprint density at radius 3 is 2.79 bits per heavy atom. The Labute approximate surface area is 165 Å². The molecule has 1 aliphatic rings. The van der Waals surface area contributed by atoms with Gasteiger partial charge in [0.25, 0.3) is 0 Å². The molecule has 1 amide bonds. The highest BCUT2D eigenvalue weighted by Gasteiger charge is 2.32. The minimum atomic E-state index is -0.0439. The van der Waals surface area contributed by atoms with Gasteiger partial charge in [0.05, 0.1) is 17.4 Å². The third-order valence-corrected chi connectivity index (χ3v) is 5.54. The molecule has 0 saturated carbocycles. The summed E-state index contributed by atoms with van der Waals surface area (Å²) in [6.07, 6.45) is 6.02. The Kier molecular flexibility index (Phi) is 4.69. The van der Waals surface area contributed by atoms with Crippen LogP contribution in [0.25, 0.3) is 5.65 Å². The molecule has 3 aromatic rings. The van der Waals surface area contributed by atoms with Crippen molar-refractivity contribution in [1.82, 2.24) is 29.3 Å². The molecule has 3 aromatic heterocycles. The summed E-state index contributed by atoms with van der Waals surface area (Å²) in [5.41, 5.74) is 3.93. The van der Waals surface area contributed by atoms with E-state index in [1.165, 1.54) is 0 Å². The summed E-state index contributed by atoms with van der Waals surface area (Å²) in [6.45, 7) is 9.86. The molecular weight excluding hydrogens is 352 g/mol. The van der Waals surface area contributed by atoms with Crippen molar-refractivity contribution in [3.8, 4) is 0 Å². The summed E-state index contributed by atoms with van der Waals surface area (Å²) >= 11 is 0. The Morgan fingerprint density at radius 2 is 2.07 bits per heavy atom. The van der Waals surface area contributed by atoms with Crippen LogP contribution in [0.4, 0.5) is 0 Å². The minimum Gasteiger partial charge on any atom is -0.334 e. The second-order valence-corrected chi connectivity index (χ2v) is 8.61. The number of rotatable bonds is 4. The zero-order chi connectivity index (χ0) is 19.9. The molecule has 0 aliphatic carbocycles. The third kappa shape index (κ3) is 3.41. The molecular formula is C21H28N6O. The van der Waals surface area contributed by atoms with E-state index in [2.05, 4.69) is 30.9 Å². The molecule has 28 heavy (non-hydrogen) atoms. The van der Waals surface area contributed by atoms with E-state index in [4.69, 9.17) is 5.10 Å². The predicted molar refractivity (Wildman–Crippen MR) is 107 cm³/mol. The maximum Gasteiger partial charge on any atom is 0.224 e. The van der Waals surface area contributed by atoms with E-state index in [0.29, 0.717) is 13.0 Å². The van der Waals surface area contributed by atoms with Crippen molar-refractivity contribution in [2.45, 2.75) is 65.0 Å². The minimum absolute atomic E-state index is 0.0439. The largest absolute Gasteiger partial charge is 0.334 e. The fourth-order valence-corrected chi connectivity index (χ4v) is 3.88. The van der Waals surface area contributed by atoms with Gasteiger partial charge in [-0.2, -0.15) is 10.2 Å². The normalized spacial score (nSPS) is 17.6. The van der Waals surface area contributed by atoms with E-state index in [-0.39, 0.29) is 17.4 Å². The molecule has 1 aliphatic heterocycles. The molecule has 7 nitrogen and oxygen atoms in total. The summed E-state index contributed by atoms with van der Waals surface area (Å²) in [5.74, 6) is 0.172. The second kappa shape index (κ2) is 7.04. The number of fused-ring (bicyclic) bond motifs is 1. The molecule has 0 bridgehead atoms. The monoisotopic (exact) mass is 380 g/mol. The molecule has 4 rings (SSSR count). The average Bonchev–Trinajstić information content (AvgIpc) is 3.37. The smallest absolute Gasteiger partial charge is 0.224 e. The van der Waals surface area contributed by atoms with Crippen LogP contribution in [0.3, 0.4) is 0 Å². The molecule has 0 unspecified atom stereocenters. The molecule has 4 heterocycles. The molecule has 7 heteroatoms. The van der Waals surface area contributed by atoms with Crippen LogP contribution in [0.2, 0.25) is 0 Å².